The van der Waals surface area contributed by atoms with Crippen LogP contribution >= 0.6 is 0 Å². The van der Waals surface area contributed by atoms with E-state index in [2.05, 4.69) is 20.2 Å². The topological polar surface area (TPSA) is 120 Å². The minimum Gasteiger partial charge on any atom is -0.494 e. The predicted octanol–water partition coefficient (Wildman–Crippen LogP) is 2.45. The van der Waals surface area contributed by atoms with E-state index in [1.165, 1.54) is 23.8 Å². The minimum absolute atomic E-state index is 0.0795. The summed E-state index contributed by atoms with van der Waals surface area (Å²) < 4.78 is 37.4. The SMILES string of the molecule is COc1cc(F)cc2c1nc(N)n1nc([C@@H]3C[C@@H](F)CN(c4cnn(CC5(O)CCC5)c4)C3)nc21. The zero-order chi connectivity index (χ0) is 24.3. The van der Waals surface area contributed by atoms with Gasteiger partial charge in [0.25, 0.3) is 0 Å². The fourth-order valence-electron chi connectivity index (χ4n) is 5.09. The van der Waals surface area contributed by atoms with Crippen molar-refractivity contribution < 1.29 is 18.6 Å². The van der Waals surface area contributed by atoms with Crippen molar-refractivity contribution in [2.24, 2.45) is 0 Å². The van der Waals surface area contributed by atoms with Crippen LogP contribution in [-0.4, -0.2) is 66.4 Å². The molecule has 6 rings (SSSR count). The third-order valence-electron chi connectivity index (χ3n) is 7.06. The Hall–Kier alpha value is -3.54. The van der Waals surface area contributed by atoms with Gasteiger partial charge in [0.2, 0.25) is 5.95 Å². The Morgan fingerprint density at radius 1 is 1.26 bits per heavy atom. The Balaban J connectivity index is 1.32. The second kappa shape index (κ2) is 8.01. The molecule has 1 saturated heterocycles. The number of benzene rings is 1. The Bertz CT molecular complexity index is 1420. The lowest BCUT2D eigenvalue weighted by molar-refractivity contribution is -0.0498. The summed E-state index contributed by atoms with van der Waals surface area (Å²) in [7, 11) is 1.43. The number of fused-ring (bicyclic) bond motifs is 3. The number of nitrogens with zero attached hydrogens (tertiary/aromatic N) is 7. The second-order valence-corrected chi connectivity index (χ2v) is 9.59. The fraction of sp³-hybridized carbons (Fsp3) is 0.478. The monoisotopic (exact) mass is 484 g/mol. The molecule has 12 heteroatoms. The van der Waals surface area contributed by atoms with Gasteiger partial charge in [-0.25, -0.2) is 18.7 Å². The molecule has 1 aliphatic heterocycles. The summed E-state index contributed by atoms with van der Waals surface area (Å²) in [6.07, 6.45) is 5.24. The largest absolute Gasteiger partial charge is 0.494 e. The number of hydrogen-bond acceptors (Lipinski definition) is 8. The molecule has 35 heavy (non-hydrogen) atoms. The summed E-state index contributed by atoms with van der Waals surface area (Å²) in [6, 6.07) is 2.55. The summed E-state index contributed by atoms with van der Waals surface area (Å²) in [5.74, 6) is -0.0742. The Morgan fingerprint density at radius 3 is 2.83 bits per heavy atom. The Morgan fingerprint density at radius 2 is 2.09 bits per heavy atom. The first kappa shape index (κ1) is 22.0. The van der Waals surface area contributed by atoms with Gasteiger partial charge in [0.1, 0.15) is 23.3 Å². The molecule has 0 unspecified atom stereocenters. The maximum Gasteiger partial charge on any atom is 0.223 e. The van der Waals surface area contributed by atoms with Crippen LogP contribution in [0.4, 0.5) is 20.4 Å². The number of nitrogen functional groups attached to an aromatic ring is 1. The molecular weight excluding hydrogens is 458 g/mol. The normalized spacial score (nSPS) is 22.0. The quantitative estimate of drug-likeness (QED) is 0.443. The highest BCUT2D eigenvalue weighted by Gasteiger charge is 2.36. The minimum atomic E-state index is -1.09. The molecule has 184 valence electrons. The molecule has 3 aromatic heterocycles. The number of rotatable bonds is 5. The van der Waals surface area contributed by atoms with E-state index >= 15 is 0 Å². The molecule has 1 saturated carbocycles. The summed E-state index contributed by atoms with van der Waals surface area (Å²) in [4.78, 5) is 10.9. The third-order valence-corrected chi connectivity index (χ3v) is 7.06. The van der Waals surface area contributed by atoms with E-state index in [9.17, 15) is 13.9 Å². The maximum absolute atomic E-state index is 14.9. The van der Waals surface area contributed by atoms with Crippen molar-refractivity contribution in [3.63, 3.8) is 0 Å². The molecule has 2 atom stereocenters. The highest BCUT2D eigenvalue weighted by molar-refractivity contribution is 5.95. The average Bonchev–Trinajstić information content (AvgIpc) is 3.46. The number of aromatic nitrogens is 6. The van der Waals surface area contributed by atoms with Gasteiger partial charge in [-0.05, 0) is 31.7 Å². The lowest BCUT2D eigenvalue weighted by Crippen LogP contribution is -2.41. The number of methoxy groups -OCH3 is 1. The molecule has 0 radical (unpaired) electrons. The number of halogens is 2. The van der Waals surface area contributed by atoms with Crippen molar-refractivity contribution in [1.82, 2.24) is 29.4 Å². The van der Waals surface area contributed by atoms with Gasteiger partial charge in [0, 0.05) is 31.3 Å². The van der Waals surface area contributed by atoms with Crippen molar-refractivity contribution >= 4 is 28.2 Å². The Kier molecular flexibility index (Phi) is 5.02. The van der Waals surface area contributed by atoms with Crippen molar-refractivity contribution in [2.75, 3.05) is 30.8 Å². The summed E-state index contributed by atoms with van der Waals surface area (Å²) >= 11 is 0. The van der Waals surface area contributed by atoms with Gasteiger partial charge < -0.3 is 20.5 Å². The first-order valence-corrected chi connectivity index (χ1v) is 11.7. The molecule has 4 heterocycles. The third kappa shape index (κ3) is 3.81. The highest BCUT2D eigenvalue weighted by atomic mass is 19.1. The van der Waals surface area contributed by atoms with E-state index in [1.54, 1.807) is 10.9 Å². The van der Waals surface area contributed by atoms with Gasteiger partial charge in [0.15, 0.2) is 11.5 Å². The second-order valence-electron chi connectivity index (χ2n) is 9.59. The average molecular weight is 485 g/mol. The van der Waals surface area contributed by atoms with E-state index in [0.717, 1.165) is 24.9 Å². The van der Waals surface area contributed by atoms with Crippen LogP contribution < -0.4 is 15.4 Å². The van der Waals surface area contributed by atoms with Gasteiger partial charge in [0.05, 0.1) is 36.5 Å². The lowest BCUT2D eigenvalue weighted by atomic mass is 9.80. The molecule has 0 spiro atoms. The standard InChI is InChI=1S/C23H26F2N8O2/c1-35-18-7-14(24)6-17-19(18)28-22(26)33-21(17)29-20(30-33)13-5-15(25)10-31(9-13)16-8-27-32(11-16)12-23(34)3-2-4-23/h6-8,11,13,15,34H,2-5,9-10,12H2,1H3,(H2,26,28)/t13-,15-/m1/s1. The summed E-state index contributed by atoms with van der Waals surface area (Å²) in [5, 5.41) is 19.7. The number of nitrogens with two attached hydrogens (primary N) is 1. The number of hydrogen-bond donors (Lipinski definition) is 2. The summed E-state index contributed by atoms with van der Waals surface area (Å²) in [5.41, 5.74) is 6.93. The number of anilines is 2. The Labute approximate surface area is 199 Å². The van der Waals surface area contributed by atoms with Crippen molar-refractivity contribution in [3.05, 3.63) is 36.2 Å². The van der Waals surface area contributed by atoms with Crippen LogP contribution in [0.2, 0.25) is 0 Å². The molecule has 1 aliphatic carbocycles. The van der Waals surface area contributed by atoms with Crippen molar-refractivity contribution in [2.45, 2.75) is 49.9 Å². The van der Waals surface area contributed by atoms with E-state index in [4.69, 9.17) is 10.5 Å². The van der Waals surface area contributed by atoms with Gasteiger partial charge in [-0.1, -0.05) is 0 Å². The van der Waals surface area contributed by atoms with E-state index in [1.807, 2.05) is 11.1 Å². The van der Waals surface area contributed by atoms with Gasteiger partial charge >= 0.3 is 0 Å². The van der Waals surface area contributed by atoms with Crippen LogP contribution in [0.3, 0.4) is 0 Å². The van der Waals surface area contributed by atoms with Crippen molar-refractivity contribution in [3.8, 4) is 5.75 Å². The van der Waals surface area contributed by atoms with Crippen LogP contribution in [-0.2, 0) is 6.54 Å². The van der Waals surface area contributed by atoms with Crippen LogP contribution in [0.25, 0.3) is 16.6 Å². The maximum atomic E-state index is 14.9. The van der Waals surface area contributed by atoms with Crippen LogP contribution in [0.1, 0.15) is 37.4 Å². The number of ether oxygens (including phenoxy) is 1. The van der Waals surface area contributed by atoms with Gasteiger partial charge in [-0.3, -0.25) is 4.68 Å². The smallest absolute Gasteiger partial charge is 0.223 e. The van der Waals surface area contributed by atoms with E-state index in [0.29, 0.717) is 35.5 Å². The fourth-order valence-corrected chi connectivity index (χ4v) is 5.09. The molecule has 2 fully saturated rings. The first-order valence-electron chi connectivity index (χ1n) is 11.7. The van der Waals surface area contributed by atoms with E-state index in [-0.39, 0.29) is 30.6 Å². The van der Waals surface area contributed by atoms with E-state index < -0.39 is 17.6 Å². The van der Waals surface area contributed by atoms with Gasteiger partial charge in [-0.2, -0.15) is 9.61 Å². The number of aliphatic hydroxyl groups is 1. The molecule has 2 aliphatic rings. The molecule has 10 nitrogen and oxygen atoms in total. The predicted molar refractivity (Wildman–Crippen MR) is 125 cm³/mol. The number of piperidine rings is 1. The lowest BCUT2D eigenvalue weighted by Gasteiger charge is -2.36. The molecule has 4 aromatic rings. The zero-order valence-corrected chi connectivity index (χ0v) is 19.2. The molecular formula is C23H26F2N8O2. The molecule has 1 aromatic carbocycles. The highest BCUT2D eigenvalue weighted by Crippen LogP contribution is 2.35. The van der Waals surface area contributed by atoms with Crippen molar-refractivity contribution in [1.29, 1.82) is 0 Å². The summed E-state index contributed by atoms with van der Waals surface area (Å²) in [6.45, 7) is 1.14. The molecule has 0 bridgehead atoms. The van der Waals surface area contributed by atoms with Crippen LogP contribution in [0, 0.1) is 5.82 Å². The zero-order valence-electron chi connectivity index (χ0n) is 19.2. The molecule has 0 amide bonds. The molecule has 3 N–H and O–H groups in total. The van der Waals surface area contributed by atoms with Crippen LogP contribution in [0.15, 0.2) is 24.5 Å². The van der Waals surface area contributed by atoms with Crippen LogP contribution in [0.5, 0.6) is 5.75 Å². The first-order chi connectivity index (χ1) is 16.8. The number of alkyl halides is 1. The van der Waals surface area contributed by atoms with Gasteiger partial charge in [-0.15, -0.1) is 5.10 Å².